The second-order valence-corrected chi connectivity index (χ2v) is 13.0. The van der Waals surface area contributed by atoms with Gasteiger partial charge >= 0.3 is 6.18 Å². The molecular formula is C28H35F3N4O4S. The van der Waals surface area contributed by atoms with E-state index in [0.717, 1.165) is 75.5 Å². The van der Waals surface area contributed by atoms with Crippen LogP contribution in [-0.4, -0.2) is 67.4 Å². The summed E-state index contributed by atoms with van der Waals surface area (Å²) in [4.78, 5) is 28.8. The van der Waals surface area contributed by atoms with E-state index >= 15 is 0 Å². The van der Waals surface area contributed by atoms with Crippen LogP contribution < -0.4 is 4.90 Å². The molecular weight excluding hydrogens is 545 g/mol. The number of anilines is 1. The lowest BCUT2D eigenvalue weighted by atomic mass is 10.0. The molecule has 0 unspecified atom stereocenters. The van der Waals surface area contributed by atoms with Crippen molar-refractivity contribution in [2.24, 2.45) is 0 Å². The first-order chi connectivity index (χ1) is 18.9. The molecule has 2 aliphatic heterocycles. The summed E-state index contributed by atoms with van der Waals surface area (Å²) in [6.45, 7) is 5.14. The molecule has 218 valence electrons. The van der Waals surface area contributed by atoms with Gasteiger partial charge in [-0.2, -0.15) is 22.7 Å². The van der Waals surface area contributed by atoms with Crippen LogP contribution in [-0.2, 0) is 25.8 Å². The summed E-state index contributed by atoms with van der Waals surface area (Å²) < 4.78 is 66.4. The minimum Gasteiger partial charge on any atom is -0.301 e. The van der Waals surface area contributed by atoms with Crippen molar-refractivity contribution in [3.8, 4) is 6.07 Å². The van der Waals surface area contributed by atoms with Crippen molar-refractivity contribution < 1.29 is 31.2 Å². The van der Waals surface area contributed by atoms with Crippen molar-refractivity contribution in [1.29, 1.82) is 5.26 Å². The highest BCUT2D eigenvalue weighted by Crippen LogP contribution is 2.37. The normalized spacial score (nSPS) is 19.5. The Morgan fingerprint density at radius 2 is 1.57 bits per heavy atom. The zero-order chi connectivity index (χ0) is 29.1. The molecule has 0 radical (unpaired) electrons. The van der Waals surface area contributed by atoms with Gasteiger partial charge in [0.2, 0.25) is 10.0 Å². The van der Waals surface area contributed by atoms with E-state index in [4.69, 9.17) is 5.26 Å². The number of unbranched alkanes of at least 4 members (excludes halogenated alkanes) is 5. The minimum absolute atomic E-state index is 0.153. The minimum atomic E-state index is -4.79. The number of nitriles is 1. The van der Waals surface area contributed by atoms with E-state index in [9.17, 15) is 31.2 Å². The Kier molecular flexibility index (Phi) is 9.37. The van der Waals surface area contributed by atoms with Gasteiger partial charge in [0.05, 0.1) is 28.1 Å². The lowest BCUT2D eigenvalue weighted by Crippen LogP contribution is -2.49. The van der Waals surface area contributed by atoms with Crippen LogP contribution in [0.2, 0.25) is 0 Å². The van der Waals surface area contributed by atoms with Crippen LogP contribution >= 0.6 is 0 Å². The number of hydrogen-bond acceptors (Lipinski definition) is 6. The average molecular weight is 581 g/mol. The number of alkyl halides is 3. The molecule has 3 aliphatic rings. The molecule has 1 saturated heterocycles. The van der Waals surface area contributed by atoms with Crippen LogP contribution in [0.1, 0.15) is 75.8 Å². The van der Waals surface area contributed by atoms with Crippen LogP contribution in [0.3, 0.4) is 0 Å². The highest BCUT2D eigenvalue weighted by atomic mass is 32.2. The molecule has 2 heterocycles. The second-order valence-electron chi connectivity index (χ2n) is 10.7. The summed E-state index contributed by atoms with van der Waals surface area (Å²) in [6, 6.07) is 4.35. The number of nitrogens with zero attached hydrogens (tertiary/aromatic N) is 4. The molecule has 8 nitrogen and oxygen atoms in total. The molecule has 4 rings (SSSR count). The Morgan fingerprint density at radius 3 is 2.17 bits per heavy atom. The fraction of sp³-hybridized carbons (Fsp3) is 0.607. The first-order valence-corrected chi connectivity index (χ1v) is 15.4. The number of amides is 2. The van der Waals surface area contributed by atoms with Gasteiger partial charge < -0.3 is 4.90 Å². The van der Waals surface area contributed by atoms with Gasteiger partial charge in [0.25, 0.3) is 11.8 Å². The highest BCUT2D eigenvalue weighted by molar-refractivity contribution is 7.90. The summed E-state index contributed by atoms with van der Waals surface area (Å²) >= 11 is 0. The molecule has 1 aromatic carbocycles. The first kappa shape index (κ1) is 30.2. The van der Waals surface area contributed by atoms with E-state index in [2.05, 4.69) is 4.90 Å². The summed E-state index contributed by atoms with van der Waals surface area (Å²) in [5.74, 6) is -1.24. The molecule has 1 saturated carbocycles. The predicted octanol–water partition coefficient (Wildman–Crippen LogP) is 4.61. The average Bonchev–Trinajstić information content (AvgIpc) is 3.75. The molecule has 0 atom stereocenters. The van der Waals surface area contributed by atoms with Gasteiger partial charge in [0.1, 0.15) is 0 Å². The third-order valence-electron chi connectivity index (χ3n) is 7.91. The zero-order valence-corrected chi connectivity index (χ0v) is 23.5. The maximum absolute atomic E-state index is 13.4. The maximum Gasteiger partial charge on any atom is 0.417 e. The van der Waals surface area contributed by atoms with Crippen molar-refractivity contribution in [1.82, 2.24) is 9.21 Å². The number of imide groups is 1. The molecule has 2 amide bonds. The fourth-order valence-corrected chi connectivity index (χ4v) is 7.17. The number of halogens is 3. The van der Waals surface area contributed by atoms with E-state index in [1.54, 1.807) is 4.31 Å². The Bertz CT molecular complexity index is 1310. The Balaban J connectivity index is 1.16. The standard InChI is InChI=1S/C28H35F3N4O4S/c1-20-24(27(37)35(26(20)36)22-10-9-21(19-32)25(18-22)28(29,30)31)8-6-4-2-3-5-7-13-33-14-16-34(17-15-33)40(38,39)23-11-12-23/h9-10,18,23H,2-8,11-17H2,1H3. The smallest absolute Gasteiger partial charge is 0.301 e. The molecule has 1 aliphatic carbocycles. The highest BCUT2D eigenvalue weighted by Gasteiger charge is 2.41. The van der Waals surface area contributed by atoms with E-state index in [1.807, 2.05) is 0 Å². The molecule has 1 aromatic rings. The monoisotopic (exact) mass is 580 g/mol. The number of benzene rings is 1. The molecule has 2 fully saturated rings. The van der Waals surface area contributed by atoms with E-state index in [0.29, 0.717) is 37.6 Å². The van der Waals surface area contributed by atoms with E-state index in [1.165, 1.54) is 19.1 Å². The van der Waals surface area contributed by atoms with Crippen LogP contribution in [0, 0.1) is 11.3 Å². The number of piperazine rings is 1. The summed E-state index contributed by atoms with van der Waals surface area (Å²) in [5, 5.41) is 8.84. The third-order valence-corrected chi connectivity index (χ3v) is 10.3. The van der Waals surface area contributed by atoms with Crippen LogP contribution in [0.15, 0.2) is 29.3 Å². The fourth-order valence-electron chi connectivity index (χ4n) is 5.35. The lowest BCUT2D eigenvalue weighted by Gasteiger charge is -2.34. The number of rotatable bonds is 12. The van der Waals surface area contributed by atoms with E-state index in [-0.39, 0.29) is 16.5 Å². The SMILES string of the molecule is CC1=C(CCCCCCCCN2CCN(S(=O)(=O)C3CC3)CC2)C(=O)N(c2ccc(C#N)c(C(F)(F)F)c2)C1=O. The quantitative estimate of drug-likeness (QED) is 0.264. The van der Waals surface area contributed by atoms with E-state index < -0.39 is 39.1 Å². The van der Waals surface area contributed by atoms with Gasteiger partial charge in [-0.15, -0.1) is 0 Å². The Labute approximate surface area is 233 Å². The zero-order valence-electron chi connectivity index (χ0n) is 22.7. The van der Waals surface area contributed by atoms with Crippen molar-refractivity contribution in [3.63, 3.8) is 0 Å². The van der Waals surface area contributed by atoms with Gasteiger partial charge in [0, 0.05) is 37.3 Å². The summed E-state index contributed by atoms with van der Waals surface area (Å²) in [6.07, 6.45) is 2.81. The molecule has 0 spiro atoms. The van der Waals surface area contributed by atoms with Gasteiger partial charge in [-0.3, -0.25) is 9.59 Å². The molecule has 12 heteroatoms. The summed E-state index contributed by atoms with van der Waals surface area (Å²) in [5.41, 5.74) is -1.37. The lowest BCUT2D eigenvalue weighted by molar-refractivity contribution is -0.138. The molecule has 0 N–H and O–H groups in total. The van der Waals surface area contributed by atoms with Gasteiger partial charge in [-0.1, -0.05) is 25.7 Å². The maximum atomic E-state index is 13.4. The van der Waals surface area contributed by atoms with Crippen molar-refractivity contribution >= 4 is 27.5 Å². The number of carbonyl (C=O) groups excluding carboxylic acids is 2. The van der Waals surface area contributed by atoms with Crippen molar-refractivity contribution in [2.75, 3.05) is 37.6 Å². The Morgan fingerprint density at radius 1 is 0.950 bits per heavy atom. The van der Waals surface area contributed by atoms with Gasteiger partial charge in [0.15, 0.2) is 0 Å². The van der Waals surface area contributed by atoms with Crippen molar-refractivity contribution in [3.05, 3.63) is 40.5 Å². The molecule has 40 heavy (non-hydrogen) atoms. The number of carbonyl (C=O) groups is 2. The number of hydrogen-bond donors (Lipinski definition) is 0. The predicted molar refractivity (Wildman–Crippen MR) is 144 cm³/mol. The third kappa shape index (κ3) is 6.75. The van der Waals surface area contributed by atoms with Crippen LogP contribution in [0.5, 0.6) is 0 Å². The van der Waals surface area contributed by atoms with Gasteiger partial charge in [-0.05, 0) is 63.8 Å². The Hall–Kier alpha value is -2.75. The number of sulfonamides is 1. The first-order valence-electron chi connectivity index (χ1n) is 13.9. The largest absolute Gasteiger partial charge is 0.417 e. The molecule has 0 bridgehead atoms. The van der Waals surface area contributed by atoms with Crippen molar-refractivity contribution in [2.45, 2.75) is 76.1 Å². The van der Waals surface area contributed by atoms with Gasteiger partial charge in [-0.25, -0.2) is 13.3 Å². The summed E-state index contributed by atoms with van der Waals surface area (Å²) in [7, 11) is -3.08. The molecule has 0 aromatic heterocycles. The topological polar surface area (TPSA) is 102 Å². The van der Waals surface area contributed by atoms with Crippen LogP contribution in [0.25, 0.3) is 0 Å². The second kappa shape index (κ2) is 12.4. The van der Waals surface area contributed by atoms with Crippen LogP contribution in [0.4, 0.5) is 18.9 Å².